The van der Waals surface area contributed by atoms with Crippen LogP contribution in [0.15, 0.2) is 69.9 Å². The van der Waals surface area contributed by atoms with Gasteiger partial charge in [0.15, 0.2) is 16.8 Å². The highest BCUT2D eigenvalue weighted by atomic mass is 16.3. The predicted molar refractivity (Wildman–Crippen MR) is 151 cm³/mol. The zero-order valence-corrected chi connectivity index (χ0v) is 21.7. The van der Waals surface area contributed by atoms with Gasteiger partial charge in [-0.2, -0.15) is 0 Å². The first-order valence-electron chi connectivity index (χ1n) is 13.1. The lowest BCUT2D eigenvalue weighted by Gasteiger charge is -2.25. The molecule has 0 spiro atoms. The van der Waals surface area contributed by atoms with Gasteiger partial charge in [-0.05, 0) is 55.5 Å². The van der Waals surface area contributed by atoms with E-state index in [1.54, 1.807) is 0 Å². The van der Waals surface area contributed by atoms with Crippen molar-refractivity contribution in [2.45, 2.75) is 53.4 Å². The van der Waals surface area contributed by atoms with Crippen molar-refractivity contribution in [1.82, 2.24) is 4.98 Å². The minimum atomic E-state index is -0.0101. The van der Waals surface area contributed by atoms with Crippen LogP contribution in [0.5, 0.6) is 0 Å². The van der Waals surface area contributed by atoms with E-state index >= 15 is 0 Å². The number of aryl methyl sites for hydroxylation is 2. The summed E-state index contributed by atoms with van der Waals surface area (Å²) in [5, 5.41) is 1.50. The van der Waals surface area contributed by atoms with Gasteiger partial charge in [0.2, 0.25) is 0 Å². The first-order chi connectivity index (χ1) is 17.5. The van der Waals surface area contributed by atoms with Gasteiger partial charge in [0.1, 0.15) is 11.2 Å². The molecule has 0 saturated heterocycles. The molecule has 36 heavy (non-hydrogen) atoms. The van der Waals surface area contributed by atoms with Gasteiger partial charge in [0.05, 0.1) is 5.56 Å². The van der Waals surface area contributed by atoms with Crippen molar-refractivity contribution in [3.63, 3.8) is 0 Å². The van der Waals surface area contributed by atoms with Crippen molar-refractivity contribution in [3.05, 3.63) is 82.0 Å². The molecule has 0 N–H and O–H groups in total. The molecule has 0 atom stereocenters. The van der Waals surface area contributed by atoms with Crippen molar-refractivity contribution < 1.29 is 4.42 Å². The lowest BCUT2D eigenvalue weighted by Crippen LogP contribution is -2.25. The molecule has 4 heteroatoms. The summed E-state index contributed by atoms with van der Waals surface area (Å²) in [6.45, 7) is 10.6. The van der Waals surface area contributed by atoms with Crippen LogP contribution in [0.2, 0.25) is 0 Å². The average molecular weight is 479 g/mol. The normalized spacial score (nSPS) is 11.6. The second-order valence-electron chi connectivity index (χ2n) is 9.75. The van der Waals surface area contributed by atoms with Gasteiger partial charge in [-0.15, -0.1) is 0 Å². The summed E-state index contributed by atoms with van der Waals surface area (Å²) >= 11 is 0. The largest absolute Gasteiger partial charge is 0.452 e. The molecule has 1 aliphatic heterocycles. The summed E-state index contributed by atoms with van der Waals surface area (Å²) in [5.74, 6) is 0.564. The minimum absolute atomic E-state index is 0.0101. The van der Waals surface area contributed by atoms with E-state index in [1.807, 2.05) is 30.3 Å². The number of anilines is 1. The van der Waals surface area contributed by atoms with Crippen LogP contribution in [0.25, 0.3) is 44.5 Å². The molecule has 184 valence electrons. The SMILES string of the molecule is CCCCN(CCCC)c1ccc2nc3c4ccccc4c(=O)c(-c4c(C)cccc4C)c-3oc2c1. The molecule has 0 aromatic heterocycles. The summed E-state index contributed by atoms with van der Waals surface area (Å²) in [6, 6.07) is 20.2. The van der Waals surface area contributed by atoms with Gasteiger partial charge < -0.3 is 9.32 Å². The van der Waals surface area contributed by atoms with E-state index in [9.17, 15) is 4.79 Å². The number of hydrogen-bond acceptors (Lipinski definition) is 4. The van der Waals surface area contributed by atoms with Gasteiger partial charge in [-0.25, -0.2) is 4.98 Å². The standard InChI is InChI=1S/C32H34N2O2/c1-5-7-18-34(19-8-6-2)23-16-17-26-27(20-23)36-32-29(28-21(3)12-11-13-22(28)4)31(35)25-15-10-9-14-24(25)30(32)33-26/h9-17,20H,5-8,18-19H2,1-4H3. The second-order valence-corrected chi connectivity index (χ2v) is 9.75. The summed E-state index contributed by atoms with van der Waals surface area (Å²) in [7, 11) is 0. The van der Waals surface area contributed by atoms with Crippen LogP contribution in [0.3, 0.4) is 0 Å². The number of benzene rings is 4. The molecule has 1 heterocycles. The van der Waals surface area contributed by atoms with Crippen LogP contribution in [0, 0.1) is 13.8 Å². The maximum atomic E-state index is 13.9. The monoisotopic (exact) mass is 478 g/mol. The number of fused-ring (bicyclic) bond motifs is 4. The van der Waals surface area contributed by atoms with E-state index in [0.717, 1.165) is 77.7 Å². The fourth-order valence-electron chi connectivity index (χ4n) is 5.18. The number of unbranched alkanes of at least 4 members (excludes halogenated alkanes) is 2. The van der Waals surface area contributed by atoms with Gasteiger partial charge in [-0.3, -0.25) is 4.79 Å². The zero-order chi connectivity index (χ0) is 25.2. The van der Waals surface area contributed by atoms with Gasteiger partial charge in [-0.1, -0.05) is 69.2 Å². The van der Waals surface area contributed by atoms with E-state index in [-0.39, 0.29) is 5.43 Å². The Bertz CT molecular complexity index is 1540. The smallest absolute Gasteiger partial charge is 0.198 e. The van der Waals surface area contributed by atoms with Crippen molar-refractivity contribution in [2.75, 3.05) is 18.0 Å². The summed E-state index contributed by atoms with van der Waals surface area (Å²) in [6.07, 6.45) is 4.62. The number of nitrogens with zero attached hydrogens (tertiary/aromatic N) is 2. The Morgan fingerprint density at radius 3 is 2.14 bits per heavy atom. The molecule has 1 aliphatic carbocycles. The first-order valence-corrected chi connectivity index (χ1v) is 13.1. The molecule has 2 aliphatic rings. The summed E-state index contributed by atoms with van der Waals surface area (Å²) < 4.78 is 6.64. The third-order valence-corrected chi connectivity index (χ3v) is 7.14. The van der Waals surface area contributed by atoms with Gasteiger partial charge in [0, 0.05) is 35.6 Å². The van der Waals surface area contributed by atoms with Crippen LogP contribution in [0.1, 0.15) is 50.7 Å². The molecule has 3 aromatic rings. The van der Waals surface area contributed by atoms with E-state index in [2.05, 4.69) is 62.9 Å². The van der Waals surface area contributed by atoms with Crippen molar-refractivity contribution in [3.8, 4) is 22.6 Å². The topological polar surface area (TPSA) is 46.3 Å². The lowest BCUT2D eigenvalue weighted by molar-refractivity contribution is 0.614. The van der Waals surface area contributed by atoms with E-state index in [1.165, 1.54) is 0 Å². The Labute approximate surface area is 212 Å². The fourth-order valence-corrected chi connectivity index (χ4v) is 5.18. The van der Waals surface area contributed by atoms with E-state index in [4.69, 9.17) is 9.40 Å². The molecule has 0 bridgehead atoms. The second kappa shape index (κ2) is 10.1. The van der Waals surface area contributed by atoms with Gasteiger partial charge in [0.25, 0.3) is 0 Å². The molecule has 0 unspecified atom stereocenters. The van der Waals surface area contributed by atoms with Crippen LogP contribution < -0.4 is 10.3 Å². The van der Waals surface area contributed by atoms with Crippen molar-refractivity contribution in [2.24, 2.45) is 0 Å². The Balaban J connectivity index is 1.80. The van der Waals surface area contributed by atoms with Crippen molar-refractivity contribution >= 4 is 27.6 Å². The highest BCUT2D eigenvalue weighted by Crippen LogP contribution is 2.40. The molecule has 3 aromatic carbocycles. The van der Waals surface area contributed by atoms with Crippen LogP contribution in [0.4, 0.5) is 5.69 Å². The third kappa shape index (κ3) is 4.26. The maximum Gasteiger partial charge on any atom is 0.198 e. The number of hydrogen-bond donors (Lipinski definition) is 0. The molecular weight excluding hydrogens is 444 g/mol. The molecule has 0 saturated carbocycles. The Hall–Kier alpha value is -3.66. The van der Waals surface area contributed by atoms with Gasteiger partial charge >= 0.3 is 0 Å². The third-order valence-electron chi connectivity index (χ3n) is 7.14. The highest BCUT2D eigenvalue weighted by molar-refractivity contribution is 6.03. The zero-order valence-electron chi connectivity index (χ0n) is 21.7. The molecule has 0 amide bonds. The summed E-state index contributed by atoms with van der Waals surface area (Å²) in [5.41, 5.74) is 7.02. The predicted octanol–water partition coefficient (Wildman–Crippen LogP) is 8.14. The molecule has 4 nitrogen and oxygen atoms in total. The molecular formula is C32H34N2O2. The minimum Gasteiger partial charge on any atom is -0.452 e. The molecule has 0 fully saturated rings. The van der Waals surface area contributed by atoms with Crippen LogP contribution >= 0.6 is 0 Å². The molecule has 0 radical (unpaired) electrons. The Morgan fingerprint density at radius 1 is 0.806 bits per heavy atom. The Kier molecular flexibility index (Phi) is 6.77. The quantitative estimate of drug-likeness (QED) is 0.167. The van der Waals surface area contributed by atoms with E-state index in [0.29, 0.717) is 22.3 Å². The average Bonchev–Trinajstić information content (AvgIpc) is 2.89. The number of aromatic nitrogens is 1. The van der Waals surface area contributed by atoms with Crippen LogP contribution in [-0.4, -0.2) is 18.1 Å². The molecule has 5 rings (SSSR count). The van der Waals surface area contributed by atoms with Crippen molar-refractivity contribution in [1.29, 1.82) is 0 Å². The van der Waals surface area contributed by atoms with Crippen LogP contribution in [-0.2, 0) is 0 Å². The fraction of sp³-hybridized carbons (Fsp3) is 0.312. The first kappa shape index (κ1) is 24.1. The Morgan fingerprint density at radius 2 is 1.47 bits per heavy atom. The number of rotatable bonds is 8. The highest BCUT2D eigenvalue weighted by Gasteiger charge is 2.25. The maximum absolute atomic E-state index is 13.9. The lowest BCUT2D eigenvalue weighted by atomic mass is 9.90. The van der Waals surface area contributed by atoms with E-state index < -0.39 is 0 Å². The summed E-state index contributed by atoms with van der Waals surface area (Å²) in [4.78, 5) is 21.4.